The molecular formula is C18H17NO4. The first kappa shape index (κ1) is 14.2. The zero-order valence-corrected chi connectivity index (χ0v) is 12.6. The molecule has 3 atom stereocenters. The van der Waals surface area contributed by atoms with E-state index in [1.54, 1.807) is 24.3 Å². The van der Waals surface area contributed by atoms with Gasteiger partial charge in [-0.3, -0.25) is 10.1 Å². The molecule has 5 heteroatoms. The van der Waals surface area contributed by atoms with E-state index in [1.165, 1.54) is 5.56 Å². The van der Waals surface area contributed by atoms with Crippen LogP contribution in [0.4, 0.5) is 5.69 Å². The van der Waals surface area contributed by atoms with Gasteiger partial charge in [-0.25, -0.2) is 0 Å². The summed E-state index contributed by atoms with van der Waals surface area (Å²) in [4.78, 5) is 10.4. The number of nitro benzene ring substituents is 1. The Morgan fingerprint density at radius 1 is 1.09 bits per heavy atom. The minimum atomic E-state index is -0.381. The number of rotatable bonds is 2. The van der Waals surface area contributed by atoms with Crippen LogP contribution in [0.3, 0.4) is 0 Å². The average molecular weight is 311 g/mol. The number of non-ortho nitro benzene ring substituents is 1. The second-order valence-corrected chi connectivity index (χ2v) is 6.06. The average Bonchev–Trinajstić information content (AvgIpc) is 2.59. The Balaban J connectivity index is 1.63. The van der Waals surface area contributed by atoms with Crippen molar-refractivity contribution in [2.75, 3.05) is 6.61 Å². The highest BCUT2D eigenvalue weighted by molar-refractivity contribution is 5.38. The third-order valence-corrected chi connectivity index (χ3v) is 4.71. The maximum Gasteiger partial charge on any atom is 0.269 e. The molecule has 0 unspecified atom stereocenters. The molecule has 0 bridgehead atoms. The van der Waals surface area contributed by atoms with Crippen LogP contribution in [0.1, 0.15) is 23.7 Å². The standard InChI is InChI=1S/C18H17NO4/c20-19(21)14-7-5-12(6-8-14)18-15-11-13-3-1-2-4-16(13)23-17(15)9-10-22-18/h1-8,15,17-18H,9-11H2/t15-,17+,18+/m1/s1. The normalized spacial score (nSPS) is 25.8. The summed E-state index contributed by atoms with van der Waals surface area (Å²) >= 11 is 0. The zero-order chi connectivity index (χ0) is 15.8. The van der Waals surface area contributed by atoms with Crippen LogP contribution >= 0.6 is 0 Å². The lowest BCUT2D eigenvalue weighted by molar-refractivity contribution is -0.384. The van der Waals surface area contributed by atoms with Crippen LogP contribution in [0.25, 0.3) is 0 Å². The van der Waals surface area contributed by atoms with E-state index in [4.69, 9.17) is 9.47 Å². The first-order chi connectivity index (χ1) is 11.2. The van der Waals surface area contributed by atoms with Crippen LogP contribution in [0, 0.1) is 16.0 Å². The van der Waals surface area contributed by atoms with Crippen molar-refractivity contribution in [3.63, 3.8) is 0 Å². The van der Waals surface area contributed by atoms with Crippen molar-refractivity contribution < 1.29 is 14.4 Å². The zero-order valence-electron chi connectivity index (χ0n) is 12.6. The van der Waals surface area contributed by atoms with Crippen LogP contribution in [-0.4, -0.2) is 17.6 Å². The number of benzene rings is 2. The van der Waals surface area contributed by atoms with Gasteiger partial charge in [0.2, 0.25) is 0 Å². The molecule has 2 aliphatic heterocycles. The van der Waals surface area contributed by atoms with Crippen LogP contribution in [-0.2, 0) is 11.2 Å². The molecule has 4 rings (SSSR count). The molecule has 1 saturated heterocycles. The molecule has 23 heavy (non-hydrogen) atoms. The molecule has 2 aromatic rings. The molecule has 2 heterocycles. The van der Waals surface area contributed by atoms with Gasteiger partial charge in [0.1, 0.15) is 11.9 Å². The van der Waals surface area contributed by atoms with Gasteiger partial charge in [0.05, 0.1) is 17.6 Å². The second kappa shape index (κ2) is 5.66. The smallest absolute Gasteiger partial charge is 0.269 e. The summed E-state index contributed by atoms with van der Waals surface area (Å²) in [6.45, 7) is 0.644. The van der Waals surface area contributed by atoms with E-state index in [-0.39, 0.29) is 28.7 Å². The molecule has 0 aromatic heterocycles. The first-order valence-corrected chi connectivity index (χ1v) is 7.83. The summed E-state index contributed by atoms with van der Waals surface area (Å²) in [5, 5.41) is 10.8. The minimum Gasteiger partial charge on any atom is -0.490 e. The molecule has 0 aliphatic carbocycles. The van der Waals surface area contributed by atoms with Crippen molar-refractivity contribution in [3.05, 3.63) is 69.8 Å². The van der Waals surface area contributed by atoms with Crippen LogP contribution in [0.5, 0.6) is 5.75 Å². The van der Waals surface area contributed by atoms with Gasteiger partial charge in [-0.1, -0.05) is 18.2 Å². The largest absolute Gasteiger partial charge is 0.490 e. The molecule has 0 saturated carbocycles. The molecule has 5 nitrogen and oxygen atoms in total. The van der Waals surface area contributed by atoms with E-state index < -0.39 is 0 Å². The molecule has 0 spiro atoms. The monoisotopic (exact) mass is 311 g/mol. The Labute approximate surface area is 134 Å². The summed E-state index contributed by atoms with van der Waals surface area (Å²) in [6.07, 6.45) is 1.84. The van der Waals surface area contributed by atoms with Gasteiger partial charge < -0.3 is 9.47 Å². The minimum absolute atomic E-state index is 0.0806. The lowest BCUT2D eigenvalue weighted by Crippen LogP contribution is -2.42. The summed E-state index contributed by atoms with van der Waals surface area (Å²) in [6, 6.07) is 14.8. The summed E-state index contributed by atoms with van der Waals surface area (Å²) in [7, 11) is 0. The Kier molecular flexibility index (Phi) is 3.50. The Hall–Kier alpha value is -2.40. The van der Waals surface area contributed by atoms with E-state index in [2.05, 4.69) is 6.07 Å². The van der Waals surface area contributed by atoms with Gasteiger partial charge in [-0.15, -0.1) is 0 Å². The number of ether oxygens (including phenoxy) is 2. The summed E-state index contributed by atoms with van der Waals surface area (Å²) in [5.41, 5.74) is 2.28. The van der Waals surface area contributed by atoms with Crippen molar-refractivity contribution in [1.82, 2.24) is 0 Å². The molecule has 2 aromatic carbocycles. The van der Waals surface area contributed by atoms with E-state index in [9.17, 15) is 10.1 Å². The van der Waals surface area contributed by atoms with Gasteiger partial charge in [-0.2, -0.15) is 0 Å². The topological polar surface area (TPSA) is 61.6 Å². The van der Waals surface area contributed by atoms with Crippen molar-refractivity contribution in [2.45, 2.75) is 25.0 Å². The van der Waals surface area contributed by atoms with E-state index in [0.717, 1.165) is 24.2 Å². The Morgan fingerprint density at radius 3 is 2.65 bits per heavy atom. The van der Waals surface area contributed by atoms with Gasteiger partial charge in [0.15, 0.2) is 0 Å². The number of hydrogen-bond acceptors (Lipinski definition) is 4. The highest BCUT2D eigenvalue weighted by atomic mass is 16.6. The van der Waals surface area contributed by atoms with Gasteiger partial charge in [0.25, 0.3) is 5.69 Å². The van der Waals surface area contributed by atoms with Crippen molar-refractivity contribution in [3.8, 4) is 5.75 Å². The van der Waals surface area contributed by atoms with Gasteiger partial charge in [-0.05, 0) is 35.7 Å². The molecule has 1 fully saturated rings. The number of fused-ring (bicyclic) bond motifs is 2. The molecule has 0 N–H and O–H groups in total. The second-order valence-electron chi connectivity index (χ2n) is 6.06. The SMILES string of the molecule is O=[N+]([O-])c1ccc([C@@H]2OCC[C@@H]3Oc4ccccc4C[C@H]32)cc1. The van der Waals surface area contributed by atoms with Crippen molar-refractivity contribution >= 4 is 5.69 Å². The lowest BCUT2D eigenvalue weighted by atomic mass is 9.81. The number of nitro groups is 1. The van der Waals surface area contributed by atoms with Crippen molar-refractivity contribution in [1.29, 1.82) is 0 Å². The van der Waals surface area contributed by atoms with Crippen LogP contribution < -0.4 is 4.74 Å². The Morgan fingerprint density at radius 2 is 1.87 bits per heavy atom. The van der Waals surface area contributed by atoms with Crippen LogP contribution in [0.15, 0.2) is 48.5 Å². The number of para-hydroxylation sites is 1. The first-order valence-electron chi connectivity index (χ1n) is 7.83. The maximum atomic E-state index is 10.8. The molecule has 0 amide bonds. The molecule has 0 radical (unpaired) electrons. The van der Waals surface area contributed by atoms with E-state index >= 15 is 0 Å². The van der Waals surface area contributed by atoms with Crippen molar-refractivity contribution in [2.24, 2.45) is 5.92 Å². The third kappa shape index (κ3) is 2.57. The summed E-state index contributed by atoms with van der Waals surface area (Å²) in [5.74, 6) is 1.21. The fraction of sp³-hybridized carbons (Fsp3) is 0.333. The maximum absolute atomic E-state index is 10.8. The van der Waals surface area contributed by atoms with E-state index in [0.29, 0.717) is 6.61 Å². The molecule has 2 aliphatic rings. The fourth-order valence-corrected chi connectivity index (χ4v) is 3.56. The summed E-state index contributed by atoms with van der Waals surface area (Å²) < 4.78 is 12.2. The number of nitrogens with zero attached hydrogens (tertiary/aromatic N) is 1. The highest BCUT2D eigenvalue weighted by Crippen LogP contribution is 2.42. The third-order valence-electron chi connectivity index (χ3n) is 4.71. The molecule has 118 valence electrons. The van der Waals surface area contributed by atoms with Gasteiger partial charge >= 0.3 is 0 Å². The Bertz CT molecular complexity index is 728. The molecular weight excluding hydrogens is 294 g/mol. The highest BCUT2D eigenvalue weighted by Gasteiger charge is 2.40. The quantitative estimate of drug-likeness (QED) is 0.627. The predicted molar refractivity (Wildman–Crippen MR) is 84.5 cm³/mol. The number of hydrogen-bond donors (Lipinski definition) is 0. The lowest BCUT2D eigenvalue weighted by Gasteiger charge is -2.41. The fourth-order valence-electron chi connectivity index (χ4n) is 3.56. The van der Waals surface area contributed by atoms with Gasteiger partial charge in [0, 0.05) is 24.5 Å². The van der Waals surface area contributed by atoms with Crippen LogP contribution in [0.2, 0.25) is 0 Å². The predicted octanol–water partition coefficient (Wildman–Crippen LogP) is 3.68. The van der Waals surface area contributed by atoms with E-state index in [1.807, 2.05) is 18.2 Å².